The summed E-state index contributed by atoms with van der Waals surface area (Å²) in [5.41, 5.74) is 1.93. The number of carbonyl (C=O) groups is 1. The van der Waals surface area contributed by atoms with Crippen molar-refractivity contribution < 1.29 is 18.5 Å². The lowest BCUT2D eigenvalue weighted by Gasteiger charge is -1.99. The van der Waals surface area contributed by atoms with Crippen LogP contribution in [0, 0.1) is 15.9 Å². The maximum atomic E-state index is 13.3. The molecule has 0 spiro atoms. The van der Waals surface area contributed by atoms with Gasteiger partial charge in [0.05, 0.1) is 17.8 Å². The van der Waals surface area contributed by atoms with Crippen LogP contribution < -0.4 is 5.43 Å². The molecule has 0 fully saturated rings. The standard InChI is InChI=1S/C12H8FN3O4/c13-10-4-2-1-3-9(10)12(17)15-14-7-8-5-6-11(20-8)16(18)19/h1-7H,(H,15,17). The van der Waals surface area contributed by atoms with E-state index in [0.717, 1.165) is 18.3 Å². The lowest BCUT2D eigenvalue weighted by atomic mass is 10.2. The second kappa shape index (κ2) is 5.74. The van der Waals surface area contributed by atoms with Gasteiger partial charge in [-0.05, 0) is 18.2 Å². The fourth-order valence-corrected chi connectivity index (χ4v) is 1.37. The van der Waals surface area contributed by atoms with Gasteiger partial charge in [-0.3, -0.25) is 14.9 Å². The molecule has 1 aromatic carbocycles. The number of nitro groups is 1. The number of carbonyl (C=O) groups excluding carboxylic acids is 1. The fourth-order valence-electron chi connectivity index (χ4n) is 1.37. The molecular formula is C12H8FN3O4. The molecule has 0 unspecified atom stereocenters. The molecule has 0 aliphatic carbocycles. The van der Waals surface area contributed by atoms with Gasteiger partial charge < -0.3 is 4.42 Å². The number of amides is 1. The highest BCUT2D eigenvalue weighted by atomic mass is 19.1. The van der Waals surface area contributed by atoms with Crippen LogP contribution in [0.1, 0.15) is 16.1 Å². The van der Waals surface area contributed by atoms with E-state index in [9.17, 15) is 19.3 Å². The van der Waals surface area contributed by atoms with Gasteiger partial charge in [0.1, 0.15) is 10.7 Å². The van der Waals surface area contributed by atoms with E-state index in [-0.39, 0.29) is 11.3 Å². The number of benzene rings is 1. The van der Waals surface area contributed by atoms with Crippen molar-refractivity contribution in [3.63, 3.8) is 0 Å². The summed E-state index contributed by atoms with van der Waals surface area (Å²) in [6.07, 6.45) is 1.08. The zero-order valence-corrected chi connectivity index (χ0v) is 9.95. The fraction of sp³-hybridized carbons (Fsp3) is 0. The number of furan rings is 1. The van der Waals surface area contributed by atoms with Gasteiger partial charge in [-0.2, -0.15) is 5.10 Å². The highest BCUT2D eigenvalue weighted by molar-refractivity contribution is 5.94. The molecule has 1 amide bonds. The quantitative estimate of drug-likeness (QED) is 0.525. The molecule has 1 N–H and O–H groups in total. The molecule has 8 heteroatoms. The number of hydrazone groups is 1. The van der Waals surface area contributed by atoms with E-state index < -0.39 is 22.5 Å². The second-order valence-corrected chi connectivity index (χ2v) is 3.61. The third-order valence-electron chi connectivity index (χ3n) is 2.27. The summed E-state index contributed by atoms with van der Waals surface area (Å²) >= 11 is 0. The largest absolute Gasteiger partial charge is 0.433 e. The van der Waals surface area contributed by atoms with Gasteiger partial charge in [-0.15, -0.1) is 0 Å². The van der Waals surface area contributed by atoms with Crippen LogP contribution in [0.2, 0.25) is 0 Å². The first kappa shape index (κ1) is 13.4. The lowest BCUT2D eigenvalue weighted by molar-refractivity contribution is -0.402. The van der Waals surface area contributed by atoms with Crippen LogP contribution in [0.4, 0.5) is 10.3 Å². The normalized spacial score (nSPS) is 10.7. The molecule has 102 valence electrons. The van der Waals surface area contributed by atoms with E-state index in [1.165, 1.54) is 24.3 Å². The van der Waals surface area contributed by atoms with E-state index in [1.807, 2.05) is 0 Å². The van der Waals surface area contributed by atoms with Crippen LogP contribution in [-0.4, -0.2) is 17.0 Å². The van der Waals surface area contributed by atoms with Crippen molar-refractivity contribution in [3.05, 3.63) is 63.7 Å². The zero-order chi connectivity index (χ0) is 14.5. The Hall–Kier alpha value is -3.03. The number of nitrogens with zero attached hydrogens (tertiary/aromatic N) is 2. The average molecular weight is 277 g/mol. The number of rotatable bonds is 4. The van der Waals surface area contributed by atoms with E-state index in [1.54, 1.807) is 0 Å². The molecule has 0 radical (unpaired) electrons. The maximum Gasteiger partial charge on any atom is 0.433 e. The summed E-state index contributed by atoms with van der Waals surface area (Å²) in [4.78, 5) is 21.2. The van der Waals surface area contributed by atoms with Gasteiger partial charge in [0.2, 0.25) is 0 Å². The van der Waals surface area contributed by atoms with Crippen LogP contribution in [0.15, 0.2) is 45.9 Å². The molecule has 0 aliphatic rings. The van der Waals surface area contributed by atoms with Crippen molar-refractivity contribution in [2.75, 3.05) is 0 Å². The van der Waals surface area contributed by atoms with Crippen molar-refractivity contribution >= 4 is 18.0 Å². The van der Waals surface area contributed by atoms with Crippen molar-refractivity contribution in [2.24, 2.45) is 5.10 Å². The minimum atomic E-state index is -0.736. The summed E-state index contributed by atoms with van der Waals surface area (Å²) in [5, 5.41) is 13.9. The molecule has 2 rings (SSSR count). The van der Waals surface area contributed by atoms with Crippen molar-refractivity contribution in [1.29, 1.82) is 0 Å². The van der Waals surface area contributed by atoms with Crippen molar-refractivity contribution in [2.45, 2.75) is 0 Å². The Morgan fingerprint density at radius 2 is 2.10 bits per heavy atom. The predicted octanol–water partition coefficient (Wildman–Crippen LogP) is 2.09. The summed E-state index contributed by atoms with van der Waals surface area (Å²) in [7, 11) is 0. The highest BCUT2D eigenvalue weighted by Crippen LogP contribution is 2.13. The molecule has 0 aliphatic heterocycles. The molecule has 1 heterocycles. The smallest absolute Gasteiger partial charge is 0.400 e. The first-order valence-electron chi connectivity index (χ1n) is 5.40. The third-order valence-corrected chi connectivity index (χ3v) is 2.27. The Balaban J connectivity index is 2.01. The maximum absolute atomic E-state index is 13.3. The van der Waals surface area contributed by atoms with E-state index in [2.05, 4.69) is 10.5 Å². The molecule has 0 saturated heterocycles. The first-order valence-corrected chi connectivity index (χ1v) is 5.40. The summed E-state index contributed by atoms with van der Waals surface area (Å²) in [6, 6.07) is 7.89. The Labute approximate surface area is 111 Å². The van der Waals surface area contributed by atoms with Gasteiger partial charge in [0, 0.05) is 0 Å². The van der Waals surface area contributed by atoms with Crippen molar-refractivity contribution in [1.82, 2.24) is 5.43 Å². The second-order valence-electron chi connectivity index (χ2n) is 3.61. The zero-order valence-electron chi connectivity index (χ0n) is 9.95. The molecule has 0 bridgehead atoms. The number of halogens is 1. The highest BCUT2D eigenvalue weighted by Gasteiger charge is 2.11. The Morgan fingerprint density at radius 3 is 2.75 bits per heavy atom. The first-order chi connectivity index (χ1) is 9.58. The van der Waals surface area contributed by atoms with Gasteiger partial charge in [-0.25, -0.2) is 9.82 Å². The molecule has 7 nitrogen and oxygen atoms in total. The van der Waals surface area contributed by atoms with Gasteiger partial charge in [0.25, 0.3) is 5.91 Å². The van der Waals surface area contributed by atoms with E-state index >= 15 is 0 Å². The minimum Gasteiger partial charge on any atom is -0.400 e. The van der Waals surface area contributed by atoms with E-state index in [4.69, 9.17) is 4.42 Å². The Bertz CT molecular complexity index is 681. The van der Waals surface area contributed by atoms with Gasteiger partial charge >= 0.3 is 5.88 Å². The van der Waals surface area contributed by atoms with Crippen LogP contribution in [-0.2, 0) is 0 Å². The predicted molar refractivity (Wildman–Crippen MR) is 66.8 cm³/mol. The SMILES string of the molecule is O=C(NN=Cc1ccc([N+](=O)[O-])o1)c1ccccc1F. The summed E-state index contributed by atoms with van der Waals surface area (Å²) in [5.74, 6) is -1.76. The van der Waals surface area contributed by atoms with E-state index in [0.29, 0.717) is 0 Å². The molecule has 0 saturated carbocycles. The van der Waals surface area contributed by atoms with Crippen LogP contribution in [0.25, 0.3) is 0 Å². The van der Waals surface area contributed by atoms with Gasteiger partial charge in [0.15, 0.2) is 5.76 Å². The molecule has 1 aromatic heterocycles. The number of hydrogen-bond donors (Lipinski definition) is 1. The van der Waals surface area contributed by atoms with Crippen LogP contribution in [0.5, 0.6) is 0 Å². The van der Waals surface area contributed by atoms with Crippen LogP contribution in [0.3, 0.4) is 0 Å². The minimum absolute atomic E-state index is 0.0885. The molecule has 2 aromatic rings. The molecule has 0 atom stereocenters. The Kier molecular flexibility index (Phi) is 3.85. The molecular weight excluding hydrogens is 269 g/mol. The topological polar surface area (TPSA) is 97.7 Å². The monoisotopic (exact) mass is 277 g/mol. The number of nitrogens with one attached hydrogen (secondary N) is 1. The Morgan fingerprint density at radius 1 is 1.35 bits per heavy atom. The summed E-state index contributed by atoms with van der Waals surface area (Å²) in [6.45, 7) is 0. The third kappa shape index (κ3) is 3.05. The number of hydrogen-bond acceptors (Lipinski definition) is 5. The van der Waals surface area contributed by atoms with Crippen molar-refractivity contribution in [3.8, 4) is 0 Å². The van der Waals surface area contributed by atoms with Gasteiger partial charge in [-0.1, -0.05) is 12.1 Å². The molecule has 20 heavy (non-hydrogen) atoms. The average Bonchev–Trinajstić information content (AvgIpc) is 2.88. The van der Waals surface area contributed by atoms with Crippen LogP contribution >= 0.6 is 0 Å². The lowest BCUT2D eigenvalue weighted by Crippen LogP contribution is -2.18. The summed E-state index contributed by atoms with van der Waals surface area (Å²) < 4.78 is 18.1.